The van der Waals surface area contributed by atoms with Crippen LogP contribution in [0.2, 0.25) is 0 Å². The number of hydrogen-bond acceptors (Lipinski definition) is 9. The quantitative estimate of drug-likeness (QED) is 0.217. The van der Waals surface area contributed by atoms with Gasteiger partial charge in [-0.2, -0.15) is 0 Å². The molecule has 1 aromatic rings. The van der Waals surface area contributed by atoms with Gasteiger partial charge in [0.05, 0.1) is 11.3 Å². The molecule has 3 atom stereocenters. The van der Waals surface area contributed by atoms with Gasteiger partial charge in [-0.1, -0.05) is 0 Å². The number of fused-ring (bicyclic) bond motifs is 3. The summed E-state index contributed by atoms with van der Waals surface area (Å²) in [5, 5.41) is 42.8. The van der Waals surface area contributed by atoms with E-state index in [1.165, 1.54) is 0 Å². The van der Waals surface area contributed by atoms with Gasteiger partial charge in [-0.3, -0.25) is 14.4 Å². The van der Waals surface area contributed by atoms with E-state index in [2.05, 4.69) is 0 Å². The fourth-order valence-electron chi connectivity index (χ4n) is 5.09. The predicted molar refractivity (Wildman–Crippen MR) is 110 cm³/mol. The Hall–Kier alpha value is -3.53. The maximum Gasteiger partial charge on any atom is 0.255 e. The monoisotopic (exact) mass is 429 g/mol. The zero-order valence-corrected chi connectivity index (χ0v) is 17.0. The number of Topliss-reactive ketones (excluding diaryl/α,β-unsaturated/α-hetero) is 2. The van der Waals surface area contributed by atoms with Gasteiger partial charge < -0.3 is 36.8 Å². The van der Waals surface area contributed by atoms with Crippen molar-refractivity contribution in [3.63, 3.8) is 0 Å². The maximum atomic E-state index is 13.4. The third kappa shape index (κ3) is 2.57. The van der Waals surface area contributed by atoms with Crippen LogP contribution >= 0.6 is 0 Å². The van der Waals surface area contributed by atoms with Crippen molar-refractivity contribution in [1.29, 1.82) is 0 Å². The summed E-state index contributed by atoms with van der Waals surface area (Å²) < 4.78 is 0. The Kier molecular flexibility index (Phi) is 4.33. The van der Waals surface area contributed by atoms with E-state index in [1.54, 1.807) is 25.1 Å². The van der Waals surface area contributed by atoms with Gasteiger partial charge >= 0.3 is 0 Å². The van der Waals surface area contributed by atoms with Crippen molar-refractivity contribution >= 4 is 28.8 Å². The lowest BCUT2D eigenvalue weighted by atomic mass is 9.60. The van der Waals surface area contributed by atoms with Gasteiger partial charge in [0.15, 0.2) is 11.4 Å². The summed E-state index contributed by atoms with van der Waals surface area (Å²) >= 11 is 0. The molecule has 0 spiro atoms. The summed E-state index contributed by atoms with van der Waals surface area (Å²) in [5.41, 5.74) is 8.49. The van der Waals surface area contributed by atoms with Crippen LogP contribution in [-0.4, -0.2) is 57.6 Å². The summed E-state index contributed by atoms with van der Waals surface area (Å²) in [5.74, 6) is -6.66. The van der Waals surface area contributed by atoms with Crippen LogP contribution in [0.1, 0.15) is 28.8 Å². The van der Waals surface area contributed by atoms with E-state index in [0.29, 0.717) is 11.3 Å². The number of rotatable bonds is 2. The Labute approximate surface area is 177 Å². The fraction of sp³-hybridized carbons (Fsp3) is 0.381. The van der Waals surface area contributed by atoms with E-state index in [1.807, 2.05) is 0 Å². The highest BCUT2D eigenvalue weighted by Crippen LogP contribution is 2.52. The number of amides is 1. The van der Waals surface area contributed by atoms with Gasteiger partial charge in [0.25, 0.3) is 5.91 Å². The normalized spacial score (nSPS) is 27.6. The number of carbonyl (C=O) groups is 3. The number of nitrogen functional groups attached to an aromatic ring is 1. The number of phenols is 1. The molecule has 0 heterocycles. The van der Waals surface area contributed by atoms with Gasteiger partial charge in [-0.15, -0.1) is 0 Å². The van der Waals surface area contributed by atoms with Crippen LogP contribution in [-0.2, 0) is 16.0 Å². The lowest BCUT2D eigenvalue weighted by Gasteiger charge is -2.45. The predicted octanol–water partition coefficient (Wildman–Crippen LogP) is 0.229. The number of aliphatic hydroxyl groups is 3. The lowest BCUT2D eigenvalue weighted by molar-refractivity contribution is -0.144. The molecule has 0 radical (unpaired) electrons. The molecule has 0 bridgehead atoms. The van der Waals surface area contributed by atoms with Crippen molar-refractivity contribution in [2.75, 3.05) is 24.7 Å². The minimum Gasteiger partial charge on any atom is -0.511 e. The van der Waals surface area contributed by atoms with E-state index in [0.717, 1.165) is 0 Å². The Morgan fingerprint density at radius 1 is 1.19 bits per heavy atom. The van der Waals surface area contributed by atoms with Gasteiger partial charge in [0.2, 0.25) is 5.78 Å². The van der Waals surface area contributed by atoms with Crippen LogP contribution in [0, 0.1) is 11.8 Å². The van der Waals surface area contributed by atoms with E-state index >= 15 is 0 Å². The number of anilines is 2. The van der Waals surface area contributed by atoms with Crippen molar-refractivity contribution < 1.29 is 34.8 Å². The molecule has 0 saturated carbocycles. The molecule has 4 rings (SSSR count). The topological polar surface area (TPSA) is 187 Å². The van der Waals surface area contributed by atoms with Crippen LogP contribution < -0.4 is 16.4 Å². The summed E-state index contributed by atoms with van der Waals surface area (Å²) in [7, 11) is 3.51. The maximum absolute atomic E-state index is 13.4. The molecular formula is C21H23N3O7. The average Bonchev–Trinajstić information content (AvgIpc) is 2.66. The Morgan fingerprint density at radius 2 is 1.84 bits per heavy atom. The van der Waals surface area contributed by atoms with E-state index in [4.69, 9.17) is 11.5 Å². The van der Waals surface area contributed by atoms with Gasteiger partial charge in [0.1, 0.15) is 22.8 Å². The highest BCUT2D eigenvalue weighted by molar-refractivity contribution is 6.24. The molecule has 1 aromatic carbocycles. The van der Waals surface area contributed by atoms with Gasteiger partial charge in [0, 0.05) is 37.7 Å². The summed E-state index contributed by atoms with van der Waals surface area (Å²) in [4.78, 5) is 39.7. The first-order valence-electron chi connectivity index (χ1n) is 9.70. The van der Waals surface area contributed by atoms with Crippen LogP contribution in [0.25, 0.3) is 0 Å². The van der Waals surface area contributed by atoms with Crippen LogP contribution in [0.5, 0.6) is 5.75 Å². The number of nitrogens with two attached hydrogens (primary N) is 2. The van der Waals surface area contributed by atoms with Crippen LogP contribution in [0.3, 0.4) is 0 Å². The van der Waals surface area contributed by atoms with Gasteiger partial charge in [-0.25, -0.2) is 0 Å². The van der Waals surface area contributed by atoms with Crippen LogP contribution in [0.4, 0.5) is 11.4 Å². The molecule has 0 aromatic heterocycles. The third-order valence-electron chi connectivity index (χ3n) is 6.55. The van der Waals surface area contributed by atoms with Crippen molar-refractivity contribution in [2.45, 2.75) is 24.9 Å². The SMILES string of the molecule is CN(C)c1cc(N)c(O)c2c1C[C@H]1C[C@H]3CC(O)=C(C(N)=O)C(=O)[C@@]3(O)C(O)=C1C2=O. The van der Waals surface area contributed by atoms with E-state index in [-0.39, 0.29) is 36.1 Å². The molecule has 0 fully saturated rings. The number of aliphatic hydroxyl groups excluding tert-OH is 2. The Bertz CT molecular complexity index is 1130. The number of nitrogens with zero attached hydrogens (tertiary/aromatic N) is 1. The minimum absolute atomic E-state index is 0.0284. The summed E-state index contributed by atoms with van der Waals surface area (Å²) in [6, 6.07) is 1.55. The first-order valence-corrected chi connectivity index (χ1v) is 9.70. The van der Waals surface area contributed by atoms with Crippen molar-refractivity contribution in [1.82, 2.24) is 0 Å². The number of benzene rings is 1. The zero-order valence-electron chi connectivity index (χ0n) is 17.0. The molecule has 3 aliphatic carbocycles. The molecule has 8 N–H and O–H groups in total. The molecule has 0 aliphatic heterocycles. The lowest BCUT2D eigenvalue weighted by Crippen LogP contribution is -2.57. The molecule has 10 heteroatoms. The van der Waals surface area contributed by atoms with Gasteiger partial charge in [-0.05, 0) is 30.4 Å². The van der Waals surface area contributed by atoms with Crippen molar-refractivity contribution in [2.24, 2.45) is 17.6 Å². The number of allylic oxidation sites excluding steroid dienone is 2. The standard InChI is InChI=1S/C21H23N3O7/c1-24(2)11-6-10(22)16(26)14-9(11)4-7-3-8-5-12(25)15(20(23)30)19(29)21(8,31)18(28)13(7)17(14)27/h6-8,25-26,28,31H,3-5,22H2,1-2H3,(H2,23,30)/t7-,8+,21+/m1/s1. The van der Waals surface area contributed by atoms with Crippen molar-refractivity contribution in [3.05, 3.63) is 39.9 Å². The number of hydrogen-bond donors (Lipinski definition) is 6. The molecule has 1 amide bonds. The first kappa shape index (κ1) is 20.7. The molecule has 0 saturated heterocycles. The smallest absolute Gasteiger partial charge is 0.255 e. The second-order valence-corrected chi connectivity index (χ2v) is 8.49. The molecule has 164 valence electrons. The molecule has 0 unspecified atom stereocenters. The zero-order chi connectivity index (χ0) is 23.0. The second kappa shape index (κ2) is 6.48. The number of carbonyl (C=O) groups excluding carboxylic acids is 3. The third-order valence-corrected chi connectivity index (χ3v) is 6.55. The average molecular weight is 429 g/mol. The highest BCUT2D eigenvalue weighted by Gasteiger charge is 2.59. The summed E-state index contributed by atoms with van der Waals surface area (Å²) in [6.45, 7) is 0. The largest absolute Gasteiger partial charge is 0.511 e. The second-order valence-electron chi connectivity index (χ2n) is 8.49. The summed E-state index contributed by atoms with van der Waals surface area (Å²) in [6.07, 6.45) is 0.0552. The Balaban J connectivity index is 1.94. The van der Waals surface area contributed by atoms with Crippen molar-refractivity contribution in [3.8, 4) is 5.75 Å². The number of ketones is 2. The number of primary amides is 1. The highest BCUT2D eigenvalue weighted by atomic mass is 16.3. The van der Waals surface area contributed by atoms with E-state index in [9.17, 15) is 34.8 Å². The number of phenolic OH excluding ortho intramolecular Hbond substituents is 1. The molecular weight excluding hydrogens is 406 g/mol. The molecule has 31 heavy (non-hydrogen) atoms. The molecule has 10 nitrogen and oxygen atoms in total. The number of aromatic hydroxyl groups is 1. The molecule has 3 aliphatic rings. The minimum atomic E-state index is -2.57. The first-order chi connectivity index (χ1) is 14.4. The Morgan fingerprint density at radius 3 is 2.42 bits per heavy atom. The van der Waals surface area contributed by atoms with Crippen LogP contribution in [0.15, 0.2) is 28.7 Å². The van der Waals surface area contributed by atoms with E-state index < -0.39 is 57.8 Å². The fourth-order valence-corrected chi connectivity index (χ4v) is 5.09.